The van der Waals surface area contributed by atoms with E-state index in [-0.39, 0.29) is 18.6 Å². The minimum Gasteiger partial charge on any atom is -0.481 e. The van der Waals surface area contributed by atoms with Crippen LogP contribution in [0.25, 0.3) is 0 Å². The molecule has 25 heavy (non-hydrogen) atoms. The fraction of sp³-hybridized carbons (Fsp3) is 0.611. The highest BCUT2D eigenvalue weighted by molar-refractivity contribution is 5.73. The summed E-state index contributed by atoms with van der Waals surface area (Å²) in [6.07, 6.45) is 6.87. The number of nitrogens with zero attached hydrogens (tertiary/aromatic N) is 1. The molecule has 1 aliphatic carbocycles. The van der Waals surface area contributed by atoms with Gasteiger partial charge in [-0.2, -0.15) is 0 Å². The molecule has 3 N–H and O–H groups in total. The summed E-state index contributed by atoms with van der Waals surface area (Å²) >= 11 is 0. The highest BCUT2D eigenvalue weighted by Gasteiger charge is 2.19. The molecule has 0 atom stereocenters. The fourth-order valence-electron chi connectivity index (χ4n) is 2.83. The molecule has 0 unspecified atom stereocenters. The Kier molecular flexibility index (Phi) is 7.50. The number of carbonyl (C=O) groups excluding carboxylic acids is 1. The lowest BCUT2D eigenvalue weighted by Gasteiger charge is -2.26. The van der Waals surface area contributed by atoms with Crippen molar-refractivity contribution in [3.63, 3.8) is 0 Å². The molecule has 2 rings (SSSR count). The monoisotopic (exact) mass is 349 g/mol. The lowest BCUT2D eigenvalue weighted by molar-refractivity contribution is -0.137. The van der Waals surface area contributed by atoms with Crippen LogP contribution in [-0.4, -0.2) is 34.7 Å². The van der Waals surface area contributed by atoms with Crippen LogP contribution in [0.2, 0.25) is 0 Å². The Bertz CT molecular complexity index is 571. The Morgan fingerprint density at radius 2 is 2.04 bits per heavy atom. The molecule has 0 aliphatic heterocycles. The van der Waals surface area contributed by atoms with Crippen molar-refractivity contribution < 1.29 is 19.4 Å². The number of hydrogen-bond donors (Lipinski definition) is 3. The van der Waals surface area contributed by atoms with Gasteiger partial charge in [0.25, 0.3) is 0 Å². The summed E-state index contributed by atoms with van der Waals surface area (Å²) in [5, 5.41) is 13.9. The topological polar surface area (TPSA) is 101 Å². The van der Waals surface area contributed by atoms with Gasteiger partial charge in [0.1, 0.15) is 6.10 Å². The molecule has 0 radical (unpaired) electrons. The van der Waals surface area contributed by atoms with Crippen LogP contribution in [0.5, 0.6) is 5.88 Å². The first kappa shape index (κ1) is 19.0. The molecule has 2 amide bonds. The summed E-state index contributed by atoms with van der Waals surface area (Å²) in [6, 6.07) is 3.37. The Hall–Kier alpha value is -2.31. The number of ether oxygens (including phenoxy) is 1. The number of aliphatic carboxylic acids is 1. The molecule has 7 heteroatoms. The van der Waals surface area contributed by atoms with Crippen LogP contribution in [0.3, 0.4) is 0 Å². The average molecular weight is 349 g/mol. The number of pyridine rings is 1. The van der Waals surface area contributed by atoms with Crippen molar-refractivity contribution in [3.8, 4) is 5.88 Å². The average Bonchev–Trinajstić information content (AvgIpc) is 2.59. The molecule has 1 aromatic heterocycles. The molecule has 1 saturated carbocycles. The van der Waals surface area contributed by atoms with Gasteiger partial charge in [0, 0.05) is 31.8 Å². The lowest BCUT2D eigenvalue weighted by Crippen LogP contribution is -2.35. The van der Waals surface area contributed by atoms with E-state index in [0.29, 0.717) is 25.4 Å². The van der Waals surface area contributed by atoms with E-state index >= 15 is 0 Å². The van der Waals surface area contributed by atoms with E-state index in [2.05, 4.69) is 22.5 Å². The molecular formula is C18H27N3O4. The fourth-order valence-corrected chi connectivity index (χ4v) is 2.83. The maximum Gasteiger partial charge on any atom is 0.315 e. The molecule has 7 nitrogen and oxygen atoms in total. The van der Waals surface area contributed by atoms with Crippen LogP contribution in [0.1, 0.15) is 51.0 Å². The maximum absolute atomic E-state index is 11.7. The van der Waals surface area contributed by atoms with E-state index in [1.807, 2.05) is 12.1 Å². The number of carbonyl (C=O) groups is 2. The van der Waals surface area contributed by atoms with Gasteiger partial charge in [0.15, 0.2) is 0 Å². The maximum atomic E-state index is 11.7. The van der Waals surface area contributed by atoms with E-state index in [1.54, 1.807) is 6.20 Å². The van der Waals surface area contributed by atoms with E-state index in [0.717, 1.165) is 24.3 Å². The number of nitrogens with one attached hydrogen (secondary N) is 2. The predicted octanol–water partition coefficient (Wildman–Crippen LogP) is 2.70. The minimum atomic E-state index is -0.862. The first-order valence-electron chi connectivity index (χ1n) is 8.88. The van der Waals surface area contributed by atoms with E-state index in [4.69, 9.17) is 9.84 Å². The van der Waals surface area contributed by atoms with Crippen molar-refractivity contribution in [2.75, 3.05) is 6.54 Å². The van der Waals surface area contributed by atoms with Crippen molar-refractivity contribution in [1.82, 2.24) is 15.6 Å². The van der Waals surface area contributed by atoms with E-state index in [9.17, 15) is 9.59 Å². The van der Waals surface area contributed by atoms with Crippen molar-refractivity contribution in [3.05, 3.63) is 23.9 Å². The van der Waals surface area contributed by atoms with Crippen LogP contribution >= 0.6 is 0 Å². The van der Waals surface area contributed by atoms with Crippen LogP contribution in [-0.2, 0) is 11.3 Å². The molecule has 0 aromatic carbocycles. The molecule has 1 fully saturated rings. The molecular weight excluding hydrogens is 322 g/mol. The van der Waals surface area contributed by atoms with Crippen LogP contribution in [0.15, 0.2) is 18.3 Å². The summed E-state index contributed by atoms with van der Waals surface area (Å²) in [5.74, 6) is 0.511. The first-order valence-corrected chi connectivity index (χ1v) is 8.88. The number of rotatable bonds is 8. The smallest absolute Gasteiger partial charge is 0.315 e. The van der Waals surface area contributed by atoms with Crippen molar-refractivity contribution in [2.24, 2.45) is 5.92 Å². The van der Waals surface area contributed by atoms with Gasteiger partial charge in [-0.25, -0.2) is 9.78 Å². The lowest BCUT2D eigenvalue weighted by atomic mass is 9.89. The van der Waals surface area contributed by atoms with Crippen LogP contribution < -0.4 is 15.4 Å². The van der Waals surface area contributed by atoms with E-state index < -0.39 is 5.97 Å². The third-order valence-electron chi connectivity index (χ3n) is 4.36. The number of carboxylic acid groups (broad SMARTS) is 1. The van der Waals surface area contributed by atoms with Gasteiger partial charge in [-0.05, 0) is 49.7 Å². The summed E-state index contributed by atoms with van der Waals surface area (Å²) in [4.78, 5) is 26.3. The highest BCUT2D eigenvalue weighted by atomic mass is 16.5. The zero-order valence-electron chi connectivity index (χ0n) is 14.7. The van der Waals surface area contributed by atoms with Gasteiger partial charge in [-0.3, -0.25) is 4.79 Å². The standard InChI is InChI=1S/C18H27N3O4/c1-13-4-6-15(7-5-13)25-16-11-14(8-10-19-16)12-21-18(24)20-9-2-3-17(22)23/h8,10-11,13,15H,2-7,9,12H2,1H3,(H,22,23)(H2,20,21,24). The zero-order valence-corrected chi connectivity index (χ0v) is 14.7. The second-order valence-corrected chi connectivity index (χ2v) is 6.61. The molecule has 138 valence electrons. The molecule has 0 spiro atoms. The van der Waals surface area contributed by atoms with Gasteiger partial charge in [0.05, 0.1) is 0 Å². The van der Waals surface area contributed by atoms with Crippen molar-refractivity contribution in [2.45, 2.75) is 58.1 Å². The van der Waals surface area contributed by atoms with Gasteiger partial charge in [-0.15, -0.1) is 0 Å². The number of amides is 2. The van der Waals surface area contributed by atoms with Crippen LogP contribution in [0.4, 0.5) is 4.79 Å². The summed E-state index contributed by atoms with van der Waals surface area (Å²) in [7, 11) is 0. The molecule has 1 aromatic rings. The SMILES string of the molecule is CC1CCC(Oc2cc(CNC(=O)NCCCC(=O)O)ccn2)CC1. The van der Waals surface area contributed by atoms with Crippen LogP contribution in [0, 0.1) is 5.92 Å². The Labute approximate surface area is 148 Å². The minimum absolute atomic E-state index is 0.0469. The molecule has 0 saturated heterocycles. The summed E-state index contributed by atoms with van der Waals surface area (Å²) < 4.78 is 5.96. The largest absolute Gasteiger partial charge is 0.481 e. The van der Waals surface area contributed by atoms with Crippen molar-refractivity contribution in [1.29, 1.82) is 0 Å². The quantitative estimate of drug-likeness (QED) is 0.627. The highest BCUT2D eigenvalue weighted by Crippen LogP contribution is 2.26. The Morgan fingerprint density at radius 3 is 2.76 bits per heavy atom. The Balaban J connectivity index is 1.71. The summed E-state index contributed by atoms with van der Waals surface area (Å²) in [5.41, 5.74) is 0.912. The number of hydrogen-bond acceptors (Lipinski definition) is 4. The first-order chi connectivity index (χ1) is 12.0. The van der Waals surface area contributed by atoms with Crippen molar-refractivity contribution >= 4 is 12.0 Å². The number of carboxylic acids is 1. The Morgan fingerprint density at radius 1 is 1.28 bits per heavy atom. The third kappa shape index (κ3) is 7.41. The molecule has 0 bridgehead atoms. The van der Waals surface area contributed by atoms with Gasteiger partial charge < -0.3 is 20.5 Å². The number of urea groups is 1. The second kappa shape index (κ2) is 9.86. The predicted molar refractivity (Wildman–Crippen MR) is 93.4 cm³/mol. The molecule has 1 aliphatic rings. The van der Waals surface area contributed by atoms with Gasteiger partial charge in [-0.1, -0.05) is 6.92 Å². The summed E-state index contributed by atoms with van der Waals surface area (Å²) in [6.45, 7) is 2.97. The third-order valence-corrected chi connectivity index (χ3v) is 4.36. The number of aromatic nitrogens is 1. The van der Waals surface area contributed by atoms with E-state index in [1.165, 1.54) is 12.8 Å². The molecule has 1 heterocycles. The zero-order chi connectivity index (χ0) is 18.1. The second-order valence-electron chi connectivity index (χ2n) is 6.61. The van der Waals surface area contributed by atoms with Gasteiger partial charge in [0.2, 0.25) is 5.88 Å². The van der Waals surface area contributed by atoms with Gasteiger partial charge >= 0.3 is 12.0 Å². The normalized spacial score (nSPS) is 19.9.